The van der Waals surface area contributed by atoms with E-state index in [2.05, 4.69) is 18.8 Å². The van der Waals surface area contributed by atoms with Gasteiger partial charge in [0.15, 0.2) is 0 Å². The van der Waals surface area contributed by atoms with Crippen molar-refractivity contribution in [1.82, 2.24) is 9.88 Å². The van der Waals surface area contributed by atoms with E-state index in [4.69, 9.17) is 0 Å². The lowest BCUT2D eigenvalue weighted by atomic mass is 9.97. The quantitative estimate of drug-likeness (QED) is 0.734. The molecule has 0 N–H and O–H groups in total. The van der Waals surface area contributed by atoms with Gasteiger partial charge in [-0.25, -0.2) is 4.98 Å². The van der Waals surface area contributed by atoms with Gasteiger partial charge in [0.25, 0.3) is 5.91 Å². The van der Waals surface area contributed by atoms with E-state index in [9.17, 15) is 4.79 Å². The highest BCUT2D eigenvalue weighted by Gasteiger charge is 2.30. The minimum Gasteiger partial charge on any atom is -0.332 e. The lowest BCUT2D eigenvalue weighted by Gasteiger charge is -2.38. The highest BCUT2D eigenvalue weighted by molar-refractivity contribution is 7.07. The molecule has 0 spiro atoms. The fourth-order valence-electron chi connectivity index (χ4n) is 2.27. The summed E-state index contributed by atoms with van der Waals surface area (Å²) in [6.45, 7) is 4.25. The molecule has 1 aliphatic rings. The maximum absolute atomic E-state index is 12.2. The first-order valence-electron chi connectivity index (χ1n) is 5.41. The average molecular weight is 224 g/mol. The summed E-state index contributed by atoms with van der Waals surface area (Å²) >= 11 is 1.48. The first kappa shape index (κ1) is 10.6. The number of nitrogens with zero attached hydrogens (tertiary/aromatic N) is 2. The number of thiazole rings is 1. The van der Waals surface area contributed by atoms with Crippen molar-refractivity contribution in [1.29, 1.82) is 0 Å². The minimum absolute atomic E-state index is 0.0935. The van der Waals surface area contributed by atoms with Crippen molar-refractivity contribution < 1.29 is 4.79 Å². The Labute approximate surface area is 94.1 Å². The molecule has 2 unspecified atom stereocenters. The Balaban J connectivity index is 2.17. The number of rotatable bonds is 1. The average Bonchev–Trinajstić information content (AvgIpc) is 2.69. The highest BCUT2D eigenvalue weighted by atomic mass is 32.1. The van der Waals surface area contributed by atoms with Gasteiger partial charge in [-0.15, -0.1) is 11.3 Å². The molecule has 0 aromatic carbocycles. The Morgan fingerprint density at radius 1 is 1.47 bits per heavy atom. The largest absolute Gasteiger partial charge is 0.332 e. The predicted molar refractivity (Wildman–Crippen MR) is 61.1 cm³/mol. The third-order valence-corrected chi connectivity index (χ3v) is 3.67. The van der Waals surface area contributed by atoms with Gasteiger partial charge in [0.05, 0.1) is 5.51 Å². The molecule has 1 fully saturated rings. The predicted octanol–water partition coefficient (Wildman–Crippen LogP) is 2.55. The van der Waals surface area contributed by atoms with Gasteiger partial charge in [-0.3, -0.25) is 4.79 Å². The molecule has 15 heavy (non-hydrogen) atoms. The zero-order valence-corrected chi connectivity index (χ0v) is 9.96. The fourth-order valence-corrected chi connectivity index (χ4v) is 2.80. The number of likely N-dealkylation sites (tertiary alicyclic amines) is 1. The Hall–Kier alpha value is -0.900. The van der Waals surface area contributed by atoms with Crippen LogP contribution in [0.3, 0.4) is 0 Å². The van der Waals surface area contributed by atoms with Gasteiger partial charge in [0, 0.05) is 17.5 Å². The van der Waals surface area contributed by atoms with Gasteiger partial charge in [-0.05, 0) is 33.1 Å². The molecule has 1 aromatic heterocycles. The molecule has 0 saturated carbocycles. The summed E-state index contributed by atoms with van der Waals surface area (Å²) in [5.41, 5.74) is 2.31. The van der Waals surface area contributed by atoms with E-state index in [0.29, 0.717) is 17.8 Å². The van der Waals surface area contributed by atoms with E-state index >= 15 is 0 Å². The summed E-state index contributed by atoms with van der Waals surface area (Å²) in [4.78, 5) is 18.2. The molecule has 1 aliphatic heterocycles. The SMILES string of the molecule is CC1CCCC(C)N1C(=O)c1cscn1. The third-order valence-electron chi connectivity index (χ3n) is 3.08. The lowest BCUT2D eigenvalue weighted by molar-refractivity contribution is 0.0505. The number of amides is 1. The van der Waals surface area contributed by atoms with Crippen molar-refractivity contribution in [3.63, 3.8) is 0 Å². The summed E-state index contributed by atoms with van der Waals surface area (Å²) in [5.74, 6) is 0.0935. The molecule has 1 saturated heterocycles. The molecule has 2 rings (SSSR count). The van der Waals surface area contributed by atoms with Crippen LogP contribution in [0.1, 0.15) is 43.6 Å². The molecule has 0 aliphatic carbocycles. The van der Waals surface area contributed by atoms with Crippen molar-refractivity contribution in [3.05, 3.63) is 16.6 Å². The number of hydrogen-bond donors (Lipinski definition) is 0. The van der Waals surface area contributed by atoms with Crippen LogP contribution in [-0.2, 0) is 0 Å². The molecular formula is C11H16N2OS. The van der Waals surface area contributed by atoms with E-state index in [1.807, 2.05) is 10.3 Å². The molecule has 4 heteroatoms. The Bertz CT molecular complexity index is 326. The van der Waals surface area contributed by atoms with Gasteiger partial charge in [0.2, 0.25) is 0 Å². The summed E-state index contributed by atoms with van der Waals surface area (Å²) in [7, 11) is 0. The standard InChI is InChI=1S/C11H16N2OS/c1-8-4-3-5-9(2)13(8)11(14)10-6-15-7-12-10/h6-9H,3-5H2,1-2H3. The van der Waals surface area contributed by atoms with Crippen LogP contribution in [0, 0.1) is 0 Å². The second-order valence-corrected chi connectivity index (χ2v) is 4.93. The van der Waals surface area contributed by atoms with Gasteiger partial charge in [-0.1, -0.05) is 0 Å². The van der Waals surface area contributed by atoms with Crippen molar-refractivity contribution in [3.8, 4) is 0 Å². The van der Waals surface area contributed by atoms with Crippen LogP contribution < -0.4 is 0 Å². The van der Waals surface area contributed by atoms with Crippen LogP contribution in [0.5, 0.6) is 0 Å². The second kappa shape index (κ2) is 4.31. The Kier molecular flexibility index (Phi) is 3.05. The second-order valence-electron chi connectivity index (χ2n) is 4.22. The van der Waals surface area contributed by atoms with Crippen LogP contribution in [0.15, 0.2) is 10.9 Å². The molecular weight excluding hydrogens is 208 g/mol. The van der Waals surface area contributed by atoms with E-state index in [0.717, 1.165) is 12.8 Å². The number of hydrogen-bond acceptors (Lipinski definition) is 3. The van der Waals surface area contributed by atoms with Gasteiger partial charge in [-0.2, -0.15) is 0 Å². The van der Waals surface area contributed by atoms with Gasteiger partial charge >= 0.3 is 0 Å². The highest BCUT2D eigenvalue weighted by Crippen LogP contribution is 2.24. The normalized spacial score (nSPS) is 26.7. The monoisotopic (exact) mass is 224 g/mol. The topological polar surface area (TPSA) is 33.2 Å². The number of carbonyl (C=O) groups excluding carboxylic acids is 1. The van der Waals surface area contributed by atoms with Crippen LogP contribution in [0.25, 0.3) is 0 Å². The van der Waals surface area contributed by atoms with Crippen LogP contribution in [0.2, 0.25) is 0 Å². The molecule has 2 heterocycles. The smallest absolute Gasteiger partial charge is 0.273 e. The molecule has 0 bridgehead atoms. The van der Waals surface area contributed by atoms with Crippen LogP contribution in [-0.4, -0.2) is 27.9 Å². The van der Waals surface area contributed by atoms with Crippen molar-refractivity contribution in [2.24, 2.45) is 0 Å². The summed E-state index contributed by atoms with van der Waals surface area (Å²) in [6.07, 6.45) is 3.45. The van der Waals surface area contributed by atoms with Gasteiger partial charge in [0.1, 0.15) is 5.69 Å². The third kappa shape index (κ3) is 2.04. The van der Waals surface area contributed by atoms with Crippen LogP contribution in [0.4, 0.5) is 0 Å². The zero-order valence-electron chi connectivity index (χ0n) is 9.14. The Morgan fingerprint density at radius 3 is 2.67 bits per heavy atom. The van der Waals surface area contributed by atoms with E-state index < -0.39 is 0 Å². The zero-order chi connectivity index (χ0) is 10.8. The van der Waals surface area contributed by atoms with Gasteiger partial charge < -0.3 is 4.90 Å². The number of aromatic nitrogens is 1. The maximum Gasteiger partial charge on any atom is 0.273 e. The molecule has 1 amide bonds. The minimum atomic E-state index is 0.0935. The maximum atomic E-state index is 12.2. The van der Waals surface area contributed by atoms with E-state index in [1.165, 1.54) is 17.8 Å². The van der Waals surface area contributed by atoms with E-state index in [1.54, 1.807) is 5.51 Å². The van der Waals surface area contributed by atoms with Crippen molar-refractivity contribution in [2.75, 3.05) is 0 Å². The Morgan fingerprint density at radius 2 is 2.13 bits per heavy atom. The first-order chi connectivity index (χ1) is 7.20. The number of carbonyl (C=O) groups is 1. The fraction of sp³-hybridized carbons (Fsp3) is 0.636. The molecule has 3 nitrogen and oxygen atoms in total. The first-order valence-corrected chi connectivity index (χ1v) is 6.35. The van der Waals surface area contributed by atoms with Crippen molar-refractivity contribution in [2.45, 2.75) is 45.2 Å². The van der Waals surface area contributed by atoms with Crippen LogP contribution >= 0.6 is 11.3 Å². The molecule has 1 aromatic rings. The summed E-state index contributed by atoms with van der Waals surface area (Å²) < 4.78 is 0. The molecule has 82 valence electrons. The lowest BCUT2D eigenvalue weighted by Crippen LogP contribution is -2.47. The summed E-state index contributed by atoms with van der Waals surface area (Å²) in [5, 5.41) is 1.83. The van der Waals surface area contributed by atoms with E-state index in [-0.39, 0.29) is 5.91 Å². The molecule has 0 radical (unpaired) electrons. The summed E-state index contributed by atoms with van der Waals surface area (Å²) in [6, 6.07) is 0.700. The van der Waals surface area contributed by atoms with Crippen molar-refractivity contribution >= 4 is 17.2 Å². The molecule has 2 atom stereocenters. The number of piperidine rings is 1.